The van der Waals surface area contributed by atoms with Crippen molar-refractivity contribution in [1.29, 1.82) is 47.4 Å². The first-order valence-electron chi connectivity index (χ1n) is 48.8. The van der Waals surface area contributed by atoms with E-state index in [1.54, 1.807) is 0 Å². The smallest absolute Gasteiger partial charge is 0.0998 e. The maximum Gasteiger partial charge on any atom is 0.0998 e. The van der Waals surface area contributed by atoms with Gasteiger partial charge in [0, 0.05) is 104 Å². The van der Waals surface area contributed by atoms with Gasteiger partial charge in [-0.2, -0.15) is 47.4 Å². The molecule has 0 aliphatic rings. The quantitative estimate of drug-likeness (QED) is 0.113. The average molecular weight is 1910 g/mol. The molecule has 0 saturated carbocycles. The Morgan fingerprint density at radius 3 is 0.593 bits per heavy atom. The highest BCUT2D eigenvalue weighted by molar-refractivity contribution is 6.16. The van der Waals surface area contributed by atoms with Crippen LogP contribution in [0.15, 0.2) is 455 Å². The third-order valence-electron chi connectivity index (χ3n) is 28.7. The van der Waals surface area contributed by atoms with Crippen LogP contribution >= 0.6 is 0 Å². The van der Waals surface area contributed by atoms with E-state index in [1.165, 1.54) is 32.3 Å². The Morgan fingerprint density at radius 1 is 0.120 bits per heavy atom. The van der Waals surface area contributed by atoms with Gasteiger partial charge in [0.15, 0.2) is 0 Å². The lowest BCUT2D eigenvalue weighted by Gasteiger charge is -2.18. The lowest BCUT2D eigenvalue weighted by Crippen LogP contribution is -2.00. The van der Waals surface area contributed by atoms with Gasteiger partial charge in [0.1, 0.15) is 0 Å². The van der Waals surface area contributed by atoms with Gasteiger partial charge < -0.3 is 27.4 Å². The molecule has 27 rings (SSSR count). The van der Waals surface area contributed by atoms with Gasteiger partial charge in [0.2, 0.25) is 0 Å². The third-order valence-corrected chi connectivity index (χ3v) is 28.7. The molecule has 0 aliphatic carbocycles. The standard InChI is InChI=1S/3C45H25N5/c46-26-29-8-7-9-32(20-29)36-10-1-2-11-37(36)33-23-34(49-42-14-5-3-12-38(42)39-13-4-6-15-43(39)49)25-35(24-33)50-44-18-16-30(27-47)21-40(44)41-22-31(28-48)17-19-45(41)50;46-26-29-13-17-32(18-14-29)36-7-1-2-8-37(36)33-23-34(49-42-11-5-3-9-38(42)39-10-4-6-12-43(39)49)25-35(24-33)50-44-19-15-30(27-47)21-40(44)41-22-31(28-48)16-20-45(41)50;46-26-29-17-19-44-40(21-29)41-22-30(27-47)18-20-45(41)50(44)34-24-32(36-11-3-4-12-37(36)35-10-2-1-9-31(35)28-48)23-33(25-34)49-42-15-7-5-13-38(42)39-14-6-8-16-43(39)49/h3*1-25H. The number of aromatic nitrogens is 6. The van der Waals surface area contributed by atoms with Crippen molar-refractivity contribution in [3.8, 4) is 156 Å². The lowest BCUT2D eigenvalue weighted by molar-refractivity contribution is 1.13. The zero-order valence-electron chi connectivity index (χ0n) is 80.0. The van der Waals surface area contributed by atoms with E-state index in [0.29, 0.717) is 50.1 Å². The van der Waals surface area contributed by atoms with Crippen molar-refractivity contribution in [2.75, 3.05) is 0 Å². The van der Waals surface area contributed by atoms with Crippen LogP contribution in [0.4, 0.5) is 0 Å². The van der Waals surface area contributed by atoms with Crippen LogP contribution in [0.5, 0.6) is 0 Å². The van der Waals surface area contributed by atoms with E-state index in [2.05, 4.69) is 325 Å². The maximum atomic E-state index is 10.1. The second kappa shape index (κ2) is 37.0. The predicted octanol–water partition coefficient (Wildman–Crippen LogP) is 32.5. The zero-order chi connectivity index (χ0) is 101. The van der Waals surface area contributed by atoms with E-state index in [1.807, 2.05) is 212 Å². The molecule has 15 nitrogen and oxygen atoms in total. The van der Waals surface area contributed by atoms with Crippen molar-refractivity contribution in [2.45, 2.75) is 0 Å². The van der Waals surface area contributed by atoms with Gasteiger partial charge in [-0.25, -0.2) is 0 Å². The highest BCUT2D eigenvalue weighted by Gasteiger charge is 2.27. The van der Waals surface area contributed by atoms with Crippen LogP contribution in [-0.2, 0) is 0 Å². The molecule has 0 spiro atoms. The van der Waals surface area contributed by atoms with Crippen molar-refractivity contribution >= 4 is 131 Å². The summed E-state index contributed by atoms with van der Waals surface area (Å²) in [5, 5.41) is 100. The van der Waals surface area contributed by atoms with Crippen molar-refractivity contribution in [2.24, 2.45) is 0 Å². The van der Waals surface area contributed by atoms with E-state index in [0.717, 1.165) is 199 Å². The van der Waals surface area contributed by atoms with E-state index in [9.17, 15) is 47.4 Å². The summed E-state index contributed by atoms with van der Waals surface area (Å²) in [6.45, 7) is 0. The van der Waals surface area contributed by atoms with Crippen LogP contribution in [0, 0.1) is 102 Å². The van der Waals surface area contributed by atoms with Crippen LogP contribution in [-0.4, -0.2) is 27.4 Å². The minimum absolute atomic E-state index is 0.559. The van der Waals surface area contributed by atoms with Gasteiger partial charge in [-0.05, 0) is 292 Å². The molecule has 0 N–H and O–H groups in total. The van der Waals surface area contributed by atoms with E-state index >= 15 is 0 Å². The summed E-state index contributed by atoms with van der Waals surface area (Å²) in [4.78, 5) is 0. The van der Waals surface area contributed by atoms with Crippen LogP contribution in [0.1, 0.15) is 50.1 Å². The van der Waals surface area contributed by atoms with E-state index in [-0.39, 0.29) is 0 Å². The number of hydrogen-bond acceptors (Lipinski definition) is 9. The van der Waals surface area contributed by atoms with Crippen LogP contribution in [0.2, 0.25) is 0 Å². The van der Waals surface area contributed by atoms with Crippen LogP contribution < -0.4 is 0 Å². The number of para-hydroxylation sites is 6. The summed E-state index contributed by atoms with van der Waals surface area (Å²) in [5.74, 6) is 0. The van der Waals surface area contributed by atoms with Gasteiger partial charge in [0.25, 0.3) is 0 Å². The summed E-state index contributed by atoms with van der Waals surface area (Å²) in [7, 11) is 0. The van der Waals surface area contributed by atoms with Crippen molar-refractivity contribution in [1.82, 2.24) is 27.4 Å². The number of nitrogens with zero attached hydrogens (tertiary/aromatic N) is 15. The Bertz CT molecular complexity index is 10500. The molecular weight excluding hydrogens is 1830 g/mol. The Labute approximate surface area is 860 Å². The molecule has 21 aromatic carbocycles. The number of benzene rings is 21. The molecule has 0 unspecified atom stereocenters. The molecule has 690 valence electrons. The minimum Gasteiger partial charge on any atom is -0.309 e. The number of rotatable bonds is 12. The predicted molar refractivity (Wildman–Crippen MR) is 600 cm³/mol. The fraction of sp³-hybridized carbons (Fsp3) is 0. The molecule has 0 saturated heterocycles. The molecule has 0 fully saturated rings. The second-order valence-electron chi connectivity index (χ2n) is 37.1. The summed E-state index contributed by atoms with van der Waals surface area (Å²) in [6.07, 6.45) is 0. The number of nitriles is 9. The highest BCUT2D eigenvalue weighted by Crippen LogP contribution is 2.48. The molecule has 6 aromatic heterocycles. The maximum absolute atomic E-state index is 10.1. The molecular formula is C135H75N15. The second-order valence-corrected chi connectivity index (χ2v) is 37.1. The largest absolute Gasteiger partial charge is 0.309 e. The first-order valence-corrected chi connectivity index (χ1v) is 48.8. The molecule has 0 amide bonds. The fourth-order valence-corrected chi connectivity index (χ4v) is 22.2. The molecule has 27 aromatic rings. The first kappa shape index (κ1) is 89.2. The SMILES string of the molecule is N#Cc1ccc(-c2ccccc2-c2cc(-n3c4ccccc4c4ccccc43)cc(-n3c4ccc(C#N)cc4c4cc(C#N)ccc43)c2)cc1.N#Cc1ccc2c(c1)c1cc(C#N)ccc1n2-c1cc(-c2ccccc2-c2ccccc2C#N)cc(-n2c3ccccc3c3ccccc32)c1.N#Cc1cccc(-c2ccccc2-c2cc(-n3c4ccccc4c4ccccc43)cc(-n3c4ccc(C#N)cc4c4cc(C#N)ccc43)c2)c1. The summed E-state index contributed by atoms with van der Waals surface area (Å²) in [5.41, 5.74) is 35.3. The van der Waals surface area contributed by atoms with Gasteiger partial charge >= 0.3 is 0 Å². The van der Waals surface area contributed by atoms with Crippen molar-refractivity contribution < 1.29 is 0 Å². The average Bonchev–Trinajstić information content (AvgIpc) is 1.58. The van der Waals surface area contributed by atoms with Gasteiger partial charge in [0.05, 0.1) is 171 Å². The lowest BCUT2D eigenvalue weighted by atomic mass is 9.91. The van der Waals surface area contributed by atoms with Crippen LogP contribution in [0.3, 0.4) is 0 Å². The minimum atomic E-state index is 0.559. The number of fused-ring (bicyclic) bond motifs is 18. The summed E-state index contributed by atoms with van der Waals surface area (Å²) in [6, 6.07) is 174. The van der Waals surface area contributed by atoms with E-state index < -0.39 is 0 Å². The van der Waals surface area contributed by atoms with E-state index in [4.69, 9.17) is 0 Å². The van der Waals surface area contributed by atoms with Crippen molar-refractivity contribution in [3.63, 3.8) is 0 Å². The molecule has 0 radical (unpaired) electrons. The van der Waals surface area contributed by atoms with Crippen LogP contribution in [0.25, 0.3) is 232 Å². The summed E-state index contributed by atoms with van der Waals surface area (Å²) >= 11 is 0. The molecule has 15 heteroatoms. The third kappa shape index (κ3) is 15.1. The molecule has 0 bridgehead atoms. The van der Waals surface area contributed by atoms with Gasteiger partial charge in [-0.1, -0.05) is 224 Å². The molecule has 150 heavy (non-hydrogen) atoms. The normalized spacial score (nSPS) is 11.1. The highest BCUT2D eigenvalue weighted by atomic mass is 15.0. The monoisotopic (exact) mass is 1910 g/mol. The molecule has 0 aliphatic heterocycles. The molecule has 0 atom stereocenters. The Kier molecular flexibility index (Phi) is 22.0. The summed E-state index contributed by atoms with van der Waals surface area (Å²) < 4.78 is 13.7. The Balaban J connectivity index is 0.000000116. The van der Waals surface area contributed by atoms with Gasteiger partial charge in [-0.15, -0.1) is 0 Å². The Hall–Kier alpha value is -22.2. The topological polar surface area (TPSA) is 244 Å². The molecule has 6 heterocycles. The first-order chi connectivity index (χ1) is 73.9. The zero-order valence-corrected chi connectivity index (χ0v) is 80.0. The number of hydrogen-bond donors (Lipinski definition) is 0. The van der Waals surface area contributed by atoms with Crippen molar-refractivity contribution in [3.05, 3.63) is 505 Å². The fourth-order valence-electron chi connectivity index (χ4n) is 22.2. The Morgan fingerprint density at radius 2 is 0.327 bits per heavy atom. The van der Waals surface area contributed by atoms with Gasteiger partial charge in [-0.3, -0.25) is 0 Å².